The molecule has 2 aromatic rings. The molecule has 0 unspecified atom stereocenters. The lowest BCUT2D eigenvalue weighted by molar-refractivity contribution is -0.131. The number of carbonyl (C=O) groups excluding carboxylic acids is 2. The van der Waals surface area contributed by atoms with Crippen LogP contribution in [0.4, 0.5) is 10.1 Å². The second-order valence-electron chi connectivity index (χ2n) is 7.13. The van der Waals surface area contributed by atoms with Crippen molar-refractivity contribution in [3.05, 3.63) is 64.9 Å². The first-order valence-electron chi connectivity index (χ1n) is 9.98. The summed E-state index contributed by atoms with van der Waals surface area (Å²) < 4.78 is 13.0. The van der Waals surface area contributed by atoms with Gasteiger partial charge in [-0.2, -0.15) is 0 Å². The molecule has 0 spiro atoms. The number of guanidine groups is 1. The number of carbonyl (C=O) groups is 2. The third kappa shape index (κ3) is 7.63. The van der Waals surface area contributed by atoms with Crippen LogP contribution in [0.25, 0.3) is 0 Å². The summed E-state index contributed by atoms with van der Waals surface area (Å²) in [5, 5.41) is 6.35. The van der Waals surface area contributed by atoms with Gasteiger partial charge in [-0.05, 0) is 42.0 Å². The molecule has 10 heteroatoms. The van der Waals surface area contributed by atoms with Crippen LogP contribution in [-0.4, -0.2) is 67.3 Å². The molecular weight excluding hydrogens is 548 g/mol. The Kier molecular flexibility index (Phi) is 10.2. The zero-order valence-corrected chi connectivity index (χ0v) is 20.8. The van der Waals surface area contributed by atoms with E-state index in [0.29, 0.717) is 49.3 Å². The molecule has 2 amide bonds. The number of benzene rings is 2. The molecular formula is C22H26ClFIN5O2. The quantitative estimate of drug-likeness (QED) is 0.328. The maximum Gasteiger partial charge on any atom is 0.243 e. The highest BCUT2D eigenvalue weighted by molar-refractivity contribution is 14.0. The first-order valence-corrected chi connectivity index (χ1v) is 10.4. The van der Waals surface area contributed by atoms with Crippen molar-refractivity contribution in [3.63, 3.8) is 0 Å². The third-order valence-electron chi connectivity index (χ3n) is 4.92. The van der Waals surface area contributed by atoms with E-state index >= 15 is 0 Å². The number of anilines is 1. The van der Waals surface area contributed by atoms with Gasteiger partial charge >= 0.3 is 0 Å². The van der Waals surface area contributed by atoms with Gasteiger partial charge in [0.15, 0.2) is 5.96 Å². The molecule has 1 aliphatic rings. The fraction of sp³-hybridized carbons (Fsp3) is 0.318. The Hall–Kier alpha value is -2.40. The molecule has 1 heterocycles. The van der Waals surface area contributed by atoms with E-state index in [2.05, 4.69) is 15.6 Å². The van der Waals surface area contributed by atoms with Crippen LogP contribution < -0.4 is 10.6 Å². The molecule has 0 atom stereocenters. The van der Waals surface area contributed by atoms with E-state index in [1.54, 1.807) is 19.2 Å². The topological polar surface area (TPSA) is 77.0 Å². The first kappa shape index (κ1) is 25.9. The predicted molar refractivity (Wildman–Crippen MR) is 135 cm³/mol. The summed E-state index contributed by atoms with van der Waals surface area (Å²) in [7, 11) is 1.65. The number of piperazine rings is 1. The number of amides is 2. The van der Waals surface area contributed by atoms with E-state index in [-0.39, 0.29) is 48.2 Å². The number of rotatable bonds is 5. The smallest absolute Gasteiger partial charge is 0.243 e. The fourth-order valence-corrected chi connectivity index (χ4v) is 3.54. The van der Waals surface area contributed by atoms with Crippen LogP contribution >= 0.6 is 35.6 Å². The van der Waals surface area contributed by atoms with Crippen LogP contribution in [0, 0.1) is 5.82 Å². The average molecular weight is 574 g/mol. The van der Waals surface area contributed by atoms with Gasteiger partial charge in [-0.1, -0.05) is 23.7 Å². The number of aliphatic imine (C=N–C) groups is 1. The number of hydrogen-bond acceptors (Lipinski definition) is 3. The van der Waals surface area contributed by atoms with Crippen molar-refractivity contribution < 1.29 is 14.0 Å². The second kappa shape index (κ2) is 12.6. The molecule has 7 nitrogen and oxygen atoms in total. The van der Waals surface area contributed by atoms with Gasteiger partial charge in [-0.15, -0.1) is 24.0 Å². The summed E-state index contributed by atoms with van der Waals surface area (Å²) in [5.41, 5.74) is 1.42. The molecule has 0 saturated carbocycles. The molecule has 1 fully saturated rings. The lowest BCUT2D eigenvalue weighted by Gasteiger charge is -2.36. The maximum atomic E-state index is 13.0. The average Bonchev–Trinajstić information content (AvgIpc) is 2.76. The summed E-state index contributed by atoms with van der Waals surface area (Å²) in [6.07, 6.45) is 0.317. The van der Waals surface area contributed by atoms with Crippen LogP contribution in [0.2, 0.25) is 5.02 Å². The van der Waals surface area contributed by atoms with Gasteiger partial charge in [0.1, 0.15) is 5.82 Å². The SMILES string of the molecule is CN=C(NCC(=O)Nc1ccc(F)cc1)N1CCN(C(=O)Cc2cccc(Cl)c2)CC1.I. The molecule has 172 valence electrons. The van der Waals surface area contributed by atoms with Crippen molar-refractivity contribution in [1.29, 1.82) is 0 Å². The van der Waals surface area contributed by atoms with E-state index in [0.717, 1.165) is 5.56 Å². The van der Waals surface area contributed by atoms with Gasteiger partial charge in [0, 0.05) is 43.9 Å². The highest BCUT2D eigenvalue weighted by atomic mass is 127. The molecule has 2 aromatic carbocycles. The molecule has 0 aromatic heterocycles. The van der Waals surface area contributed by atoms with E-state index in [1.165, 1.54) is 24.3 Å². The Morgan fingerprint density at radius 3 is 2.34 bits per heavy atom. The molecule has 1 saturated heterocycles. The number of hydrogen-bond donors (Lipinski definition) is 2. The first-order chi connectivity index (χ1) is 14.9. The Balaban J connectivity index is 0.00000363. The number of nitrogens with one attached hydrogen (secondary N) is 2. The maximum absolute atomic E-state index is 13.0. The van der Waals surface area contributed by atoms with Crippen molar-refractivity contribution >= 4 is 59.0 Å². The Bertz CT molecular complexity index is 950. The van der Waals surface area contributed by atoms with E-state index in [4.69, 9.17) is 11.6 Å². The Morgan fingerprint density at radius 1 is 1.06 bits per heavy atom. The summed E-state index contributed by atoms with van der Waals surface area (Å²) >= 11 is 5.99. The van der Waals surface area contributed by atoms with Gasteiger partial charge in [0.25, 0.3) is 0 Å². The highest BCUT2D eigenvalue weighted by Gasteiger charge is 2.23. The third-order valence-corrected chi connectivity index (χ3v) is 5.16. The van der Waals surface area contributed by atoms with E-state index in [1.807, 2.05) is 21.9 Å². The molecule has 0 aliphatic carbocycles. The molecule has 32 heavy (non-hydrogen) atoms. The predicted octanol–water partition coefficient (Wildman–Crippen LogP) is 3.00. The molecule has 0 bridgehead atoms. The molecule has 0 radical (unpaired) electrons. The lowest BCUT2D eigenvalue weighted by Crippen LogP contribution is -2.54. The van der Waals surface area contributed by atoms with Gasteiger partial charge in [-0.3, -0.25) is 14.6 Å². The summed E-state index contributed by atoms with van der Waals surface area (Å²) in [6, 6.07) is 12.9. The van der Waals surface area contributed by atoms with Crippen molar-refractivity contribution in [1.82, 2.24) is 15.1 Å². The van der Waals surface area contributed by atoms with Crippen molar-refractivity contribution in [2.24, 2.45) is 4.99 Å². The van der Waals surface area contributed by atoms with Crippen molar-refractivity contribution in [3.8, 4) is 0 Å². The summed E-state index contributed by atoms with van der Waals surface area (Å²) in [6.45, 7) is 2.39. The minimum atomic E-state index is -0.360. The van der Waals surface area contributed by atoms with Crippen LogP contribution in [0.3, 0.4) is 0 Å². The fourth-order valence-electron chi connectivity index (χ4n) is 3.33. The molecule has 2 N–H and O–H groups in total. The Labute approximate surface area is 209 Å². The Morgan fingerprint density at radius 2 is 1.72 bits per heavy atom. The van der Waals surface area contributed by atoms with E-state index < -0.39 is 0 Å². The van der Waals surface area contributed by atoms with Crippen LogP contribution in [-0.2, 0) is 16.0 Å². The lowest BCUT2D eigenvalue weighted by atomic mass is 10.1. The number of nitrogens with zero attached hydrogens (tertiary/aromatic N) is 3. The second-order valence-corrected chi connectivity index (χ2v) is 7.57. The van der Waals surface area contributed by atoms with Crippen LogP contribution in [0.5, 0.6) is 0 Å². The van der Waals surface area contributed by atoms with Gasteiger partial charge in [-0.25, -0.2) is 4.39 Å². The zero-order valence-electron chi connectivity index (χ0n) is 17.7. The van der Waals surface area contributed by atoms with Gasteiger partial charge < -0.3 is 20.4 Å². The number of halogens is 3. The van der Waals surface area contributed by atoms with Gasteiger partial charge in [0.2, 0.25) is 11.8 Å². The normalized spacial score (nSPS) is 13.9. The zero-order chi connectivity index (χ0) is 22.2. The minimum absolute atomic E-state index is 0. The highest BCUT2D eigenvalue weighted by Crippen LogP contribution is 2.13. The monoisotopic (exact) mass is 573 g/mol. The van der Waals surface area contributed by atoms with Crippen LogP contribution in [0.15, 0.2) is 53.5 Å². The molecule has 1 aliphatic heterocycles. The van der Waals surface area contributed by atoms with Gasteiger partial charge in [0.05, 0.1) is 13.0 Å². The standard InChI is InChI=1S/C22H25ClFN5O2.HI/c1-25-22(26-15-20(30)27-19-7-5-18(24)6-8-19)29-11-9-28(10-12-29)21(31)14-16-3-2-4-17(23)13-16;/h2-8,13H,9-12,14-15H2,1H3,(H,25,26)(H,27,30);1H. The summed E-state index contributed by atoms with van der Waals surface area (Å²) in [4.78, 5) is 32.8. The van der Waals surface area contributed by atoms with E-state index in [9.17, 15) is 14.0 Å². The van der Waals surface area contributed by atoms with Crippen molar-refractivity contribution in [2.45, 2.75) is 6.42 Å². The molecule has 3 rings (SSSR count). The minimum Gasteiger partial charge on any atom is -0.347 e. The van der Waals surface area contributed by atoms with Crippen molar-refractivity contribution in [2.75, 3.05) is 45.1 Å². The largest absolute Gasteiger partial charge is 0.347 e. The van der Waals surface area contributed by atoms with Crippen LogP contribution in [0.1, 0.15) is 5.56 Å². The summed E-state index contributed by atoms with van der Waals surface area (Å²) in [5.74, 6) is 0.0320.